The zero-order valence-electron chi connectivity index (χ0n) is 17.7. The molecular weight excluding hydrogens is 451 g/mol. The van der Waals surface area contributed by atoms with Crippen molar-refractivity contribution in [3.05, 3.63) is 53.3 Å². The van der Waals surface area contributed by atoms with Gasteiger partial charge < -0.3 is 10.1 Å². The van der Waals surface area contributed by atoms with Crippen molar-refractivity contribution in [2.45, 2.75) is 43.3 Å². The Hall–Kier alpha value is -2.58. The first kappa shape index (κ1) is 22.6. The molecule has 0 atom stereocenters. The van der Waals surface area contributed by atoms with Crippen molar-refractivity contribution in [3.63, 3.8) is 0 Å². The van der Waals surface area contributed by atoms with E-state index in [0.717, 1.165) is 30.0 Å². The molecule has 1 aliphatic carbocycles. The molecule has 1 saturated carbocycles. The number of hydrogen-bond donors (Lipinski definition) is 1. The van der Waals surface area contributed by atoms with Gasteiger partial charge in [-0.3, -0.25) is 9.36 Å². The quantitative estimate of drug-likeness (QED) is 0.426. The van der Waals surface area contributed by atoms with Crippen LogP contribution in [0.1, 0.15) is 38.1 Å². The largest absolute Gasteiger partial charge is 0.497 e. The van der Waals surface area contributed by atoms with E-state index in [1.54, 1.807) is 7.11 Å². The molecule has 1 aromatic heterocycles. The summed E-state index contributed by atoms with van der Waals surface area (Å²) in [5.74, 6) is 1.02. The summed E-state index contributed by atoms with van der Waals surface area (Å²) < 4.78 is 20.7. The molecule has 2 aromatic carbocycles. The molecule has 168 valence electrons. The lowest BCUT2D eigenvalue weighted by molar-refractivity contribution is -0.113. The molecule has 0 radical (unpaired) electrons. The number of hydrogen-bond acceptors (Lipinski definition) is 5. The molecule has 0 unspecified atom stereocenters. The van der Waals surface area contributed by atoms with Crippen molar-refractivity contribution in [2.75, 3.05) is 18.2 Å². The second kappa shape index (κ2) is 10.4. The number of nitrogens with one attached hydrogen (secondary N) is 1. The van der Waals surface area contributed by atoms with Crippen LogP contribution < -0.4 is 10.1 Å². The van der Waals surface area contributed by atoms with Crippen LogP contribution in [-0.2, 0) is 4.79 Å². The SMILES string of the molecule is COc1ccc(-c2nnc(SCC(=O)Nc3ccc(F)cc3Cl)n2C2CCCCC2)cc1. The van der Waals surface area contributed by atoms with Gasteiger partial charge in [0.2, 0.25) is 5.91 Å². The predicted molar refractivity (Wildman–Crippen MR) is 125 cm³/mol. The van der Waals surface area contributed by atoms with Crippen LogP contribution in [0.3, 0.4) is 0 Å². The number of carbonyl (C=O) groups is 1. The molecule has 9 heteroatoms. The molecular formula is C23H24ClFN4O2S. The van der Waals surface area contributed by atoms with Crippen LogP contribution in [0.2, 0.25) is 5.02 Å². The van der Waals surface area contributed by atoms with Crippen LogP contribution in [0.15, 0.2) is 47.6 Å². The molecule has 1 amide bonds. The number of rotatable bonds is 7. The summed E-state index contributed by atoms with van der Waals surface area (Å²) in [6, 6.07) is 11.9. The van der Waals surface area contributed by atoms with Crippen molar-refractivity contribution in [3.8, 4) is 17.1 Å². The Labute approximate surface area is 195 Å². The number of ether oxygens (including phenoxy) is 1. The summed E-state index contributed by atoms with van der Waals surface area (Å²) in [6.45, 7) is 0. The summed E-state index contributed by atoms with van der Waals surface area (Å²) in [5.41, 5.74) is 1.34. The van der Waals surface area contributed by atoms with Crippen molar-refractivity contribution in [1.29, 1.82) is 0 Å². The minimum Gasteiger partial charge on any atom is -0.497 e. The van der Waals surface area contributed by atoms with Crippen LogP contribution in [0.25, 0.3) is 11.4 Å². The molecule has 0 saturated heterocycles. The van der Waals surface area contributed by atoms with Gasteiger partial charge in [-0.25, -0.2) is 4.39 Å². The van der Waals surface area contributed by atoms with Crippen LogP contribution in [0.5, 0.6) is 5.75 Å². The second-order valence-corrected chi connectivity index (χ2v) is 9.01. The Morgan fingerprint density at radius 1 is 1.19 bits per heavy atom. The second-order valence-electron chi connectivity index (χ2n) is 7.66. The third-order valence-electron chi connectivity index (χ3n) is 5.49. The lowest BCUT2D eigenvalue weighted by Crippen LogP contribution is -2.17. The van der Waals surface area contributed by atoms with E-state index in [-0.39, 0.29) is 16.7 Å². The molecule has 1 heterocycles. The molecule has 1 N–H and O–H groups in total. The first-order chi connectivity index (χ1) is 15.5. The van der Waals surface area contributed by atoms with Gasteiger partial charge in [-0.1, -0.05) is 42.6 Å². The van der Waals surface area contributed by atoms with Gasteiger partial charge in [0.15, 0.2) is 11.0 Å². The van der Waals surface area contributed by atoms with Crippen LogP contribution in [0.4, 0.5) is 10.1 Å². The van der Waals surface area contributed by atoms with E-state index in [1.807, 2.05) is 24.3 Å². The fourth-order valence-electron chi connectivity index (χ4n) is 3.89. The lowest BCUT2D eigenvalue weighted by atomic mass is 9.95. The zero-order chi connectivity index (χ0) is 22.5. The van der Waals surface area contributed by atoms with Gasteiger partial charge in [-0.15, -0.1) is 10.2 Å². The first-order valence-electron chi connectivity index (χ1n) is 10.5. The number of halogens is 2. The highest BCUT2D eigenvalue weighted by Crippen LogP contribution is 2.36. The number of thioether (sulfide) groups is 1. The Bertz CT molecular complexity index is 1080. The normalized spacial score (nSPS) is 14.3. The summed E-state index contributed by atoms with van der Waals surface area (Å²) in [4.78, 5) is 12.5. The van der Waals surface area contributed by atoms with Gasteiger partial charge in [0.25, 0.3) is 0 Å². The smallest absolute Gasteiger partial charge is 0.234 e. The van der Waals surface area contributed by atoms with Gasteiger partial charge >= 0.3 is 0 Å². The fraction of sp³-hybridized carbons (Fsp3) is 0.348. The van der Waals surface area contributed by atoms with Crippen molar-refractivity contribution in [2.24, 2.45) is 0 Å². The number of anilines is 1. The van der Waals surface area contributed by atoms with Crippen LogP contribution in [-0.4, -0.2) is 33.5 Å². The molecule has 3 aromatic rings. The topological polar surface area (TPSA) is 69.0 Å². The summed E-state index contributed by atoms with van der Waals surface area (Å²) in [5, 5.41) is 12.5. The molecule has 1 aliphatic rings. The van der Waals surface area contributed by atoms with Crippen LogP contribution >= 0.6 is 23.4 Å². The molecule has 6 nitrogen and oxygen atoms in total. The average molecular weight is 475 g/mol. The van der Waals surface area contributed by atoms with E-state index in [9.17, 15) is 9.18 Å². The minimum atomic E-state index is -0.450. The molecule has 0 aliphatic heterocycles. The fourth-order valence-corrected chi connectivity index (χ4v) is 4.91. The highest BCUT2D eigenvalue weighted by molar-refractivity contribution is 7.99. The maximum atomic E-state index is 13.2. The Morgan fingerprint density at radius 2 is 1.94 bits per heavy atom. The van der Waals surface area contributed by atoms with E-state index in [2.05, 4.69) is 20.1 Å². The van der Waals surface area contributed by atoms with Crippen LogP contribution in [0, 0.1) is 5.82 Å². The molecule has 4 rings (SSSR count). The van der Waals surface area contributed by atoms with Crippen molar-refractivity contribution >= 4 is 35.0 Å². The van der Waals surface area contributed by atoms with E-state index in [4.69, 9.17) is 16.3 Å². The third kappa shape index (κ3) is 5.24. The van der Waals surface area contributed by atoms with Gasteiger partial charge in [0.1, 0.15) is 11.6 Å². The van der Waals surface area contributed by atoms with Crippen molar-refractivity contribution < 1.29 is 13.9 Å². The monoisotopic (exact) mass is 474 g/mol. The number of carbonyl (C=O) groups excluding carboxylic acids is 1. The Kier molecular flexibility index (Phi) is 7.32. The summed E-state index contributed by atoms with van der Waals surface area (Å²) in [6.07, 6.45) is 5.69. The van der Waals surface area contributed by atoms with Gasteiger partial charge in [-0.2, -0.15) is 0 Å². The minimum absolute atomic E-state index is 0.140. The molecule has 0 bridgehead atoms. The Morgan fingerprint density at radius 3 is 2.62 bits per heavy atom. The van der Waals surface area contributed by atoms with E-state index >= 15 is 0 Å². The standard InChI is InChI=1S/C23H24ClFN4O2S/c1-31-18-10-7-15(8-11-18)22-27-28-23(29(22)17-5-3-2-4-6-17)32-14-21(30)26-20-12-9-16(25)13-19(20)24/h7-13,17H,2-6,14H2,1H3,(H,26,30). The van der Waals surface area contributed by atoms with Gasteiger partial charge in [0, 0.05) is 11.6 Å². The lowest BCUT2D eigenvalue weighted by Gasteiger charge is -2.25. The Balaban J connectivity index is 1.53. The summed E-state index contributed by atoms with van der Waals surface area (Å²) >= 11 is 7.35. The molecule has 32 heavy (non-hydrogen) atoms. The van der Waals surface area contributed by atoms with Gasteiger partial charge in [0.05, 0.1) is 23.6 Å². The number of benzene rings is 2. The maximum Gasteiger partial charge on any atom is 0.234 e. The number of methoxy groups -OCH3 is 1. The van der Waals surface area contributed by atoms with E-state index in [0.29, 0.717) is 16.9 Å². The number of nitrogens with zero attached hydrogens (tertiary/aromatic N) is 3. The van der Waals surface area contributed by atoms with E-state index in [1.165, 1.54) is 49.2 Å². The molecule has 0 spiro atoms. The maximum absolute atomic E-state index is 13.2. The summed E-state index contributed by atoms with van der Waals surface area (Å²) in [7, 11) is 1.64. The van der Waals surface area contributed by atoms with Gasteiger partial charge in [-0.05, 0) is 55.3 Å². The number of aromatic nitrogens is 3. The third-order valence-corrected chi connectivity index (χ3v) is 6.75. The van der Waals surface area contributed by atoms with Crippen molar-refractivity contribution in [1.82, 2.24) is 14.8 Å². The highest BCUT2D eigenvalue weighted by Gasteiger charge is 2.24. The molecule has 1 fully saturated rings. The number of amides is 1. The predicted octanol–water partition coefficient (Wildman–Crippen LogP) is 5.98. The van der Waals surface area contributed by atoms with E-state index < -0.39 is 5.82 Å². The first-order valence-corrected chi connectivity index (χ1v) is 11.9. The highest BCUT2D eigenvalue weighted by atomic mass is 35.5. The zero-order valence-corrected chi connectivity index (χ0v) is 19.3. The average Bonchev–Trinajstić information content (AvgIpc) is 3.24.